The van der Waals surface area contributed by atoms with E-state index in [2.05, 4.69) is 5.32 Å². The van der Waals surface area contributed by atoms with E-state index in [1.807, 2.05) is 0 Å². The van der Waals surface area contributed by atoms with Gasteiger partial charge in [-0.3, -0.25) is 4.79 Å². The van der Waals surface area contributed by atoms with Gasteiger partial charge in [-0.05, 0) is 0 Å². The van der Waals surface area contributed by atoms with Gasteiger partial charge in [-0.15, -0.1) is 0 Å². The standard InChI is InChI=1S/C8H18N2O3/c1-12-6-7-13-5-4-10-8(11)2-3-9/h2-7,9H2,1H3,(H,10,11). The molecule has 3 N–H and O–H groups in total. The number of carbonyl (C=O) groups excluding carboxylic acids is 1. The average molecular weight is 190 g/mol. The highest BCUT2D eigenvalue weighted by Crippen LogP contribution is 1.77. The van der Waals surface area contributed by atoms with Crippen molar-refractivity contribution in [2.45, 2.75) is 6.42 Å². The first kappa shape index (κ1) is 12.3. The summed E-state index contributed by atoms with van der Waals surface area (Å²) in [6.45, 7) is 2.57. The molecule has 0 heterocycles. The third-order valence-electron chi connectivity index (χ3n) is 1.37. The number of amides is 1. The minimum absolute atomic E-state index is 0.0298. The third-order valence-corrected chi connectivity index (χ3v) is 1.37. The molecule has 0 saturated carbocycles. The molecule has 5 heteroatoms. The Labute approximate surface area is 78.6 Å². The largest absolute Gasteiger partial charge is 0.382 e. The van der Waals surface area contributed by atoms with Crippen molar-refractivity contribution in [3.63, 3.8) is 0 Å². The van der Waals surface area contributed by atoms with E-state index in [0.717, 1.165) is 0 Å². The Bertz CT molecular complexity index is 131. The lowest BCUT2D eigenvalue weighted by molar-refractivity contribution is -0.121. The summed E-state index contributed by atoms with van der Waals surface area (Å²) in [5.74, 6) is -0.0298. The SMILES string of the molecule is COCCOCCNC(=O)CCN. The molecule has 5 nitrogen and oxygen atoms in total. The highest BCUT2D eigenvalue weighted by Gasteiger charge is 1.96. The predicted octanol–water partition coefficient (Wildman–Crippen LogP) is -0.886. The molecule has 0 rings (SSSR count). The van der Waals surface area contributed by atoms with E-state index in [1.54, 1.807) is 7.11 Å². The van der Waals surface area contributed by atoms with E-state index < -0.39 is 0 Å². The zero-order valence-electron chi connectivity index (χ0n) is 8.04. The molecular formula is C8H18N2O3. The summed E-state index contributed by atoms with van der Waals surface area (Å²) < 4.78 is 9.91. The molecule has 0 saturated heterocycles. The van der Waals surface area contributed by atoms with Gasteiger partial charge >= 0.3 is 0 Å². The highest BCUT2D eigenvalue weighted by atomic mass is 16.5. The molecule has 0 aliphatic heterocycles. The summed E-state index contributed by atoms with van der Waals surface area (Å²) in [5, 5.41) is 2.68. The van der Waals surface area contributed by atoms with Gasteiger partial charge in [0.1, 0.15) is 0 Å². The number of nitrogens with one attached hydrogen (secondary N) is 1. The van der Waals surface area contributed by atoms with Gasteiger partial charge in [0.25, 0.3) is 0 Å². The van der Waals surface area contributed by atoms with Crippen molar-refractivity contribution in [3.05, 3.63) is 0 Å². The van der Waals surface area contributed by atoms with Crippen molar-refractivity contribution in [2.75, 3.05) is 40.0 Å². The molecule has 13 heavy (non-hydrogen) atoms. The molecule has 0 aliphatic carbocycles. The molecule has 0 aliphatic rings. The van der Waals surface area contributed by atoms with E-state index in [-0.39, 0.29) is 5.91 Å². The van der Waals surface area contributed by atoms with Crippen LogP contribution in [0.25, 0.3) is 0 Å². The third kappa shape index (κ3) is 9.26. The van der Waals surface area contributed by atoms with Crippen LogP contribution in [0, 0.1) is 0 Å². The highest BCUT2D eigenvalue weighted by molar-refractivity contribution is 5.75. The molecule has 0 unspecified atom stereocenters. The van der Waals surface area contributed by atoms with Gasteiger partial charge in [-0.25, -0.2) is 0 Å². The summed E-state index contributed by atoms with van der Waals surface area (Å²) in [4.78, 5) is 10.9. The van der Waals surface area contributed by atoms with E-state index in [1.165, 1.54) is 0 Å². The van der Waals surface area contributed by atoms with Crippen molar-refractivity contribution >= 4 is 5.91 Å². The van der Waals surface area contributed by atoms with Crippen molar-refractivity contribution in [3.8, 4) is 0 Å². The minimum Gasteiger partial charge on any atom is -0.382 e. The number of carbonyl (C=O) groups is 1. The van der Waals surface area contributed by atoms with Crippen molar-refractivity contribution in [1.82, 2.24) is 5.32 Å². The zero-order chi connectivity index (χ0) is 9.94. The van der Waals surface area contributed by atoms with Crippen LogP contribution in [-0.4, -0.2) is 45.9 Å². The van der Waals surface area contributed by atoms with Crippen molar-refractivity contribution in [1.29, 1.82) is 0 Å². The average Bonchev–Trinajstić information content (AvgIpc) is 2.11. The second kappa shape index (κ2) is 9.44. The molecular weight excluding hydrogens is 172 g/mol. The first-order valence-corrected chi connectivity index (χ1v) is 4.34. The number of hydrogen-bond acceptors (Lipinski definition) is 4. The van der Waals surface area contributed by atoms with Gasteiger partial charge in [-0.2, -0.15) is 0 Å². The summed E-state index contributed by atoms with van der Waals surface area (Å²) in [5.41, 5.74) is 5.19. The second-order valence-corrected chi connectivity index (χ2v) is 2.49. The smallest absolute Gasteiger partial charge is 0.221 e. The number of hydrogen-bond donors (Lipinski definition) is 2. The van der Waals surface area contributed by atoms with E-state index >= 15 is 0 Å². The lowest BCUT2D eigenvalue weighted by Gasteiger charge is -2.04. The molecule has 0 aromatic heterocycles. The molecule has 78 valence electrons. The van der Waals surface area contributed by atoms with Crippen molar-refractivity contribution < 1.29 is 14.3 Å². The van der Waals surface area contributed by atoms with Crippen LogP contribution < -0.4 is 11.1 Å². The topological polar surface area (TPSA) is 73.6 Å². The Hall–Kier alpha value is -0.650. The van der Waals surface area contributed by atoms with E-state index in [0.29, 0.717) is 39.3 Å². The van der Waals surface area contributed by atoms with Gasteiger partial charge in [0, 0.05) is 26.6 Å². The Morgan fingerprint density at radius 1 is 1.38 bits per heavy atom. The van der Waals surface area contributed by atoms with Crippen LogP contribution in [0.2, 0.25) is 0 Å². The van der Waals surface area contributed by atoms with Crippen LogP contribution in [0.4, 0.5) is 0 Å². The molecule has 0 spiro atoms. The van der Waals surface area contributed by atoms with Crippen LogP contribution >= 0.6 is 0 Å². The predicted molar refractivity (Wildman–Crippen MR) is 49.4 cm³/mol. The second-order valence-electron chi connectivity index (χ2n) is 2.49. The van der Waals surface area contributed by atoms with Gasteiger partial charge < -0.3 is 20.5 Å². The molecule has 0 aromatic rings. The van der Waals surface area contributed by atoms with Gasteiger partial charge in [0.2, 0.25) is 5.91 Å². The quantitative estimate of drug-likeness (QED) is 0.487. The van der Waals surface area contributed by atoms with Gasteiger partial charge in [0.15, 0.2) is 0 Å². The van der Waals surface area contributed by atoms with Crippen LogP contribution in [-0.2, 0) is 14.3 Å². The fourth-order valence-corrected chi connectivity index (χ4v) is 0.726. The first-order chi connectivity index (χ1) is 6.31. The Balaban J connectivity index is 3.02. The maximum atomic E-state index is 10.9. The van der Waals surface area contributed by atoms with E-state index in [4.69, 9.17) is 15.2 Å². The molecule has 0 radical (unpaired) electrons. The first-order valence-electron chi connectivity index (χ1n) is 4.34. The molecule has 1 amide bonds. The van der Waals surface area contributed by atoms with Gasteiger partial charge in [0.05, 0.1) is 19.8 Å². The Morgan fingerprint density at radius 2 is 2.15 bits per heavy atom. The van der Waals surface area contributed by atoms with Crippen molar-refractivity contribution in [2.24, 2.45) is 5.73 Å². The summed E-state index contributed by atoms with van der Waals surface area (Å²) in [6, 6.07) is 0. The lowest BCUT2D eigenvalue weighted by atomic mass is 10.4. The monoisotopic (exact) mass is 190 g/mol. The van der Waals surface area contributed by atoms with Gasteiger partial charge in [-0.1, -0.05) is 0 Å². The molecule has 0 aromatic carbocycles. The number of methoxy groups -OCH3 is 1. The summed E-state index contributed by atoms with van der Waals surface area (Å²) >= 11 is 0. The Morgan fingerprint density at radius 3 is 2.77 bits per heavy atom. The molecule has 0 fully saturated rings. The normalized spacial score (nSPS) is 10.0. The minimum atomic E-state index is -0.0298. The summed E-state index contributed by atoms with van der Waals surface area (Å²) in [6.07, 6.45) is 0.373. The number of rotatable bonds is 8. The molecule has 0 atom stereocenters. The zero-order valence-corrected chi connectivity index (χ0v) is 8.04. The number of ether oxygens (including phenoxy) is 2. The van der Waals surface area contributed by atoms with E-state index in [9.17, 15) is 4.79 Å². The fourth-order valence-electron chi connectivity index (χ4n) is 0.726. The van der Waals surface area contributed by atoms with Crippen LogP contribution in [0.5, 0.6) is 0 Å². The molecule has 0 bridgehead atoms. The lowest BCUT2D eigenvalue weighted by Crippen LogP contribution is -2.29. The maximum Gasteiger partial charge on any atom is 0.221 e. The van der Waals surface area contributed by atoms with Crippen LogP contribution in [0.15, 0.2) is 0 Å². The fraction of sp³-hybridized carbons (Fsp3) is 0.875. The van der Waals surface area contributed by atoms with Crippen LogP contribution in [0.3, 0.4) is 0 Å². The summed E-state index contributed by atoms with van der Waals surface area (Å²) in [7, 11) is 1.62. The number of nitrogens with two attached hydrogens (primary N) is 1. The Kier molecular flexibility index (Phi) is 8.97. The maximum absolute atomic E-state index is 10.9. The van der Waals surface area contributed by atoms with Crippen LogP contribution in [0.1, 0.15) is 6.42 Å².